The van der Waals surface area contributed by atoms with Gasteiger partial charge in [-0.25, -0.2) is 8.42 Å². The third-order valence-electron chi connectivity index (χ3n) is 2.39. The lowest BCUT2D eigenvalue weighted by Gasteiger charge is -2.14. The molecule has 0 atom stereocenters. The van der Waals surface area contributed by atoms with Crippen LogP contribution in [0.1, 0.15) is 11.1 Å². The number of nitrogens with zero attached hydrogens (tertiary/aromatic N) is 3. The van der Waals surface area contributed by atoms with Crippen molar-refractivity contribution in [3.8, 4) is 0 Å². The molecule has 1 aromatic rings. The van der Waals surface area contributed by atoms with Gasteiger partial charge in [-0.05, 0) is 25.5 Å². The van der Waals surface area contributed by atoms with E-state index in [-0.39, 0.29) is 0 Å². The lowest BCUT2D eigenvalue weighted by Crippen LogP contribution is -2.21. The van der Waals surface area contributed by atoms with Gasteiger partial charge in [0.2, 0.25) is 5.39 Å². The average Bonchev–Trinajstić information content (AvgIpc) is 2.29. The molecule has 0 aliphatic carbocycles. The molecule has 0 amide bonds. The minimum atomic E-state index is -6.09. The normalized spacial score (nSPS) is 11.2. The lowest BCUT2D eigenvalue weighted by atomic mass is 10.1. The zero-order valence-corrected chi connectivity index (χ0v) is 12.6. The molecular formula is C11H14F3N3O3S. The fourth-order valence-electron chi connectivity index (χ4n) is 1.38. The van der Waals surface area contributed by atoms with E-state index >= 15 is 0 Å². The van der Waals surface area contributed by atoms with E-state index in [4.69, 9.17) is 18.4 Å². The van der Waals surface area contributed by atoms with E-state index in [9.17, 15) is 13.2 Å². The van der Waals surface area contributed by atoms with E-state index in [0.717, 1.165) is 16.8 Å². The lowest BCUT2D eigenvalue weighted by molar-refractivity contribution is -0.0517. The third-order valence-corrected chi connectivity index (χ3v) is 2.95. The SMILES string of the molecule is Cc1cc(N(C)C)c(C)cc1[N+]#N.O=S(=O)([O-])C(F)(F)F. The molecule has 1 rings (SSSR count). The Balaban J connectivity index is 0.000000433. The summed E-state index contributed by atoms with van der Waals surface area (Å²) in [5.41, 5.74) is -1.75. The summed E-state index contributed by atoms with van der Waals surface area (Å²) in [6, 6.07) is 3.90. The number of halogens is 3. The van der Waals surface area contributed by atoms with Gasteiger partial charge in [-0.15, -0.1) is 0 Å². The van der Waals surface area contributed by atoms with Gasteiger partial charge < -0.3 is 9.45 Å². The smallest absolute Gasteiger partial charge is 0.485 e. The van der Waals surface area contributed by atoms with Crippen molar-refractivity contribution in [3.05, 3.63) is 28.2 Å². The van der Waals surface area contributed by atoms with Crippen LogP contribution in [-0.2, 0) is 10.1 Å². The molecule has 0 bridgehead atoms. The first kappa shape index (κ1) is 19.1. The molecule has 0 saturated heterocycles. The maximum atomic E-state index is 10.7. The van der Waals surface area contributed by atoms with Crippen molar-refractivity contribution in [2.24, 2.45) is 0 Å². The van der Waals surface area contributed by atoms with Gasteiger partial charge in [0.1, 0.15) is 0 Å². The molecule has 0 aromatic heterocycles. The van der Waals surface area contributed by atoms with Crippen molar-refractivity contribution >= 4 is 21.5 Å². The van der Waals surface area contributed by atoms with Gasteiger partial charge in [0.25, 0.3) is 0 Å². The summed E-state index contributed by atoms with van der Waals surface area (Å²) in [7, 11) is -2.10. The van der Waals surface area contributed by atoms with Crippen LogP contribution in [0, 0.1) is 19.2 Å². The highest BCUT2D eigenvalue weighted by atomic mass is 32.2. The molecular weight excluding hydrogens is 311 g/mol. The van der Waals surface area contributed by atoms with Crippen molar-refractivity contribution in [2.45, 2.75) is 19.4 Å². The maximum absolute atomic E-state index is 10.7. The van der Waals surface area contributed by atoms with Crippen molar-refractivity contribution in [1.82, 2.24) is 0 Å². The molecule has 0 N–H and O–H groups in total. The summed E-state index contributed by atoms with van der Waals surface area (Å²) >= 11 is 0. The molecule has 0 aliphatic heterocycles. The van der Waals surface area contributed by atoms with E-state index in [2.05, 4.69) is 4.98 Å². The van der Waals surface area contributed by atoms with Gasteiger partial charge in [-0.3, -0.25) is 0 Å². The number of alkyl halides is 3. The highest BCUT2D eigenvalue weighted by molar-refractivity contribution is 7.86. The maximum Gasteiger partial charge on any atom is 0.485 e. The second-order valence-electron chi connectivity index (χ2n) is 4.32. The molecule has 0 radical (unpaired) electrons. The Kier molecular flexibility index (Phi) is 6.13. The highest BCUT2D eigenvalue weighted by Gasteiger charge is 2.36. The van der Waals surface area contributed by atoms with Crippen LogP contribution in [0.5, 0.6) is 0 Å². The van der Waals surface area contributed by atoms with Gasteiger partial charge in [0.15, 0.2) is 15.1 Å². The second kappa shape index (κ2) is 6.73. The Bertz CT molecular complexity index is 649. The number of anilines is 1. The highest BCUT2D eigenvalue weighted by Crippen LogP contribution is 2.27. The molecule has 0 heterocycles. The summed E-state index contributed by atoms with van der Waals surface area (Å²) in [5.74, 6) is 0. The largest absolute Gasteiger partial charge is 0.741 e. The zero-order valence-electron chi connectivity index (χ0n) is 11.8. The van der Waals surface area contributed by atoms with Gasteiger partial charge in [-0.1, -0.05) is 0 Å². The van der Waals surface area contributed by atoms with Crippen LogP contribution in [-0.4, -0.2) is 32.6 Å². The Morgan fingerprint density at radius 2 is 1.62 bits per heavy atom. The first-order valence-electron chi connectivity index (χ1n) is 5.47. The third kappa shape index (κ3) is 5.57. The Labute approximate surface area is 120 Å². The van der Waals surface area contributed by atoms with Crippen LogP contribution in [0.3, 0.4) is 0 Å². The molecule has 1 aromatic carbocycles. The number of aryl methyl sites for hydroxylation is 2. The number of rotatable bonds is 1. The number of diazo groups is 1. The Hall–Kier alpha value is -1.86. The van der Waals surface area contributed by atoms with Crippen LogP contribution in [0.15, 0.2) is 12.1 Å². The molecule has 6 nitrogen and oxygen atoms in total. The summed E-state index contributed by atoms with van der Waals surface area (Å²) < 4.78 is 58.9. The minimum Gasteiger partial charge on any atom is -0.741 e. The van der Waals surface area contributed by atoms with Gasteiger partial charge in [0.05, 0.1) is 0 Å². The van der Waals surface area contributed by atoms with Crippen molar-refractivity contribution < 1.29 is 26.1 Å². The van der Waals surface area contributed by atoms with E-state index < -0.39 is 15.6 Å². The molecule has 10 heteroatoms. The Morgan fingerprint density at radius 1 is 1.19 bits per heavy atom. The molecule has 0 unspecified atom stereocenters. The topological polar surface area (TPSA) is 88.6 Å². The quantitative estimate of drug-likeness (QED) is 0.450. The van der Waals surface area contributed by atoms with E-state index in [1.165, 1.54) is 0 Å². The van der Waals surface area contributed by atoms with E-state index in [1.54, 1.807) is 0 Å². The molecule has 118 valence electrons. The standard InChI is InChI=1S/C10H14N3.CHF3O3S/c1-7-6-10(13(3)4)8(2)5-9(7)12-11;2-1(3,4)8(5,6)7/h5-6H,1-4H3;(H,5,6,7)/q+1;/p-1. The van der Waals surface area contributed by atoms with Gasteiger partial charge >= 0.3 is 11.2 Å². The summed E-state index contributed by atoms with van der Waals surface area (Å²) in [5, 5.41) is 8.68. The average molecular weight is 325 g/mol. The van der Waals surface area contributed by atoms with Crippen molar-refractivity contribution in [1.29, 1.82) is 5.39 Å². The zero-order chi connectivity index (χ0) is 17.0. The Morgan fingerprint density at radius 3 is 1.90 bits per heavy atom. The molecule has 0 aliphatic rings. The van der Waals surface area contributed by atoms with Crippen molar-refractivity contribution in [3.63, 3.8) is 0 Å². The summed E-state index contributed by atoms with van der Waals surface area (Å²) in [6.45, 7) is 3.94. The monoisotopic (exact) mass is 325 g/mol. The molecule has 21 heavy (non-hydrogen) atoms. The summed E-state index contributed by atoms with van der Waals surface area (Å²) in [6.07, 6.45) is 0. The first-order valence-corrected chi connectivity index (χ1v) is 6.88. The van der Waals surface area contributed by atoms with Gasteiger partial charge in [0, 0.05) is 31.4 Å². The van der Waals surface area contributed by atoms with Crippen molar-refractivity contribution in [2.75, 3.05) is 19.0 Å². The first-order chi connectivity index (χ1) is 9.31. The molecule has 0 saturated carbocycles. The number of hydrogen-bond donors (Lipinski definition) is 0. The number of hydrogen-bond acceptors (Lipinski definition) is 5. The van der Waals surface area contributed by atoms with E-state index in [0.29, 0.717) is 5.69 Å². The summed E-state index contributed by atoms with van der Waals surface area (Å²) in [4.78, 5) is 5.26. The van der Waals surface area contributed by atoms with Gasteiger partial charge in [-0.2, -0.15) is 13.2 Å². The fourth-order valence-corrected chi connectivity index (χ4v) is 1.38. The van der Waals surface area contributed by atoms with Crippen LogP contribution in [0.4, 0.5) is 24.5 Å². The fraction of sp³-hybridized carbons (Fsp3) is 0.455. The minimum absolute atomic E-state index is 0.642. The van der Waals surface area contributed by atoms with Crippen LogP contribution in [0.25, 0.3) is 4.98 Å². The molecule has 0 fully saturated rings. The molecule has 0 spiro atoms. The predicted octanol–water partition coefficient (Wildman–Crippen LogP) is 2.91. The predicted molar refractivity (Wildman–Crippen MR) is 70.7 cm³/mol. The van der Waals surface area contributed by atoms with Crippen LogP contribution < -0.4 is 4.90 Å². The number of benzene rings is 1. The van der Waals surface area contributed by atoms with E-state index in [1.807, 2.05) is 45.0 Å². The van der Waals surface area contributed by atoms with Crippen LogP contribution in [0.2, 0.25) is 0 Å². The second-order valence-corrected chi connectivity index (χ2v) is 5.69. The van der Waals surface area contributed by atoms with Crippen LogP contribution >= 0.6 is 0 Å².